The highest BCUT2D eigenvalue weighted by Crippen LogP contribution is 2.49. The van der Waals surface area contributed by atoms with E-state index < -0.39 is 5.72 Å². The van der Waals surface area contributed by atoms with E-state index >= 15 is 0 Å². The number of anilines is 1. The maximum atomic E-state index is 11.6. The van der Waals surface area contributed by atoms with Gasteiger partial charge in [-0.15, -0.1) is 0 Å². The Morgan fingerprint density at radius 1 is 1.00 bits per heavy atom. The third-order valence-corrected chi connectivity index (χ3v) is 5.17. The second-order valence-corrected chi connectivity index (χ2v) is 8.11. The number of nitrogens with zero attached hydrogens (tertiary/aromatic N) is 1. The summed E-state index contributed by atoms with van der Waals surface area (Å²) in [4.78, 5) is 2.13. The molecule has 25 heavy (non-hydrogen) atoms. The molecule has 1 aliphatic rings. The lowest BCUT2D eigenvalue weighted by atomic mass is 9.92. The molecule has 2 aromatic rings. The van der Waals surface area contributed by atoms with Crippen molar-refractivity contribution < 1.29 is 5.11 Å². The summed E-state index contributed by atoms with van der Waals surface area (Å²) in [6.45, 7) is 6.41. The van der Waals surface area contributed by atoms with E-state index in [2.05, 4.69) is 56.0 Å². The van der Waals surface area contributed by atoms with Crippen LogP contribution in [0.2, 0.25) is 0 Å². The van der Waals surface area contributed by atoms with Gasteiger partial charge in [-0.1, -0.05) is 48.5 Å². The van der Waals surface area contributed by atoms with Crippen molar-refractivity contribution in [1.29, 1.82) is 0 Å². The van der Waals surface area contributed by atoms with Crippen molar-refractivity contribution in [2.24, 2.45) is 5.73 Å². The molecule has 0 radical (unpaired) electrons. The Balaban J connectivity index is 1.74. The van der Waals surface area contributed by atoms with Gasteiger partial charge in [0.2, 0.25) is 0 Å². The van der Waals surface area contributed by atoms with Gasteiger partial charge in [-0.05, 0) is 63.6 Å². The van der Waals surface area contributed by atoms with E-state index in [1.54, 1.807) is 0 Å². The number of benzene rings is 2. The quantitative estimate of drug-likeness (QED) is 0.794. The van der Waals surface area contributed by atoms with Gasteiger partial charge in [0.1, 0.15) is 0 Å². The Hall–Kier alpha value is -1.84. The molecule has 0 aliphatic carbocycles. The van der Waals surface area contributed by atoms with E-state index in [1.165, 1.54) is 5.56 Å². The minimum absolute atomic E-state index is 0.196. The van der Waals surface area contributed by atoms with Gasteiger partial charge in [0.15, 0.2) is 5.72 Å². The Morgan fingerprint density at radius 3 is 2.32 bits per heavy atom. The molecule has 0 amide bonds. The van der Waals surface area contributed by atoms with Gasteiger partial charge in [-0.2, -0.15) is 0 Å². The summed E-state index contributed by atoms with van der Waals surface area (Å²) >= 11 is 0. The van der Waals surface area contributed by atoms with Crippen molar-refractivity contribution >= 4 is 5.69 Å². The molecule has 1 heterocycles. The summed E-state index contributed by atoms with van der Waals surface area (Å²) in [7, 11) is 0. The molecular weight excluding hydrogens is 308 g/mol. The summed E-state index contributed by atoms with van der Waals surface area (Å²) in [5.74, 6) is 0. The normalized spacial score (nSPS) is 22.9. The van der Waals surface area contributed by atoms with Crippen molar-refractivity contribution in [2.75, 3.05) is 4.90 Å². The van der Waals surface area contributed by atoms with E-state index in [9.17, 15) is 5.11 Å². The highest BCUT2D eigenvalue weighted by molar-refractivity contribution is 5.64. The molecule has 2 atom stereocenters. The maximum absolute atomic E-state index is 11.6. The van der Waals surface area contributed by atoms with E-state index in [0.29, 0.717) is 6.42 Å². The maximum Gasteiger partial charge on any atom is 0.157 e. The lowest BCUT2D eigenvalue weighted by Crippen LogP contribution is -2.58. The topological polar surface area (TPSA) is 49.5 Å². The molecule has 0 saturated heterocycles. The number of para-hydroxylation sites is 1. The molecule has 2 aromatic carbocycles. The van der Waals surface area contributed by atoms with Crippen molar-refractivity contribution in [2.45, 2.75) is 63.8 Å². The van der Waals surface area contributed by atoms with Crippen LogP contribution in [0.4, 0.5) is 5.69 Å². The zero-order chi connectivity index (χ0) is 18.1. The first kappa shape index (κ1) is 18.0. The van der Waals surface area contributed by atoms with Crippen LogP contribution in [0.5, 0.6) is 0 Å². The Labute approximate surface area is 151 Å². The van der Waals surface area contributed by atoms with E-state index in [-0.39, 0.29) is 11.6 Å². The molecule has 134 valence electrons. The molecule has 0 spiro atoms. The Morgan fingerprint density at radius 2 is 1.64 bits per heavy atom. The highest BCUT2D eigenvalue weighted by Gasteiger charge is 2.51. The van der Waals surface area contributed by atoms with Gasteiger partial charge in [-0.25, -0.2) is 0 Å². The SMILES string of the molecule is CC(C)(C)N1c2ccccc2[C@H](N)[C@]1(O)CCCCc1ccccc1. The summed E-state index contributed by atoms with van der Waals surface area (Å²) in [5.41, 5.74) is 8.74. The van der Waals surface area contributed by atoms with E-state index in [4.69, 9.17) is 5.73 Å². The Bertz CT molecular complexity index is 707. The fourth-order valence-corrected chi connectivity index (χ4v) is 4.12. The molecule has 0 bridgehead atoms. The van der Waals surface area contributed by atoms with Crippen LogP contribution in [0, 0.1) is 0 Å². The third kappa shape index (κ3) is 3.44. The van der Waals surface area contributed by atoms with Crippen LogP contribution in [0.1, 0.15) is 57.2 Å². The average molecular weight is 338 g/mol. The van der Waals surface area contributed by atoms with Gasteiger partial charge >= 0.3 is 0 Å². The summed E-state index contributed by atoms with van der Waals surface area (Å²) < 4.78 is 0. The minimum Gasteiger partial charge on any atom is -0.369 e. The summed E-state index contributed by atoms with van der Waals surface area (Å²) in [5, 5.41) is 11.6. The van der Waals surface area contributed by atoms with E-state index in [1.807, 2.05) is 24.3 Å². The largest absolute Gasteiger partial charge is 0.369 e. The fraction of sp³-hybridized carbons (Fsp3) is 0.455. The molecule has 0 unspecified atom stereocenters. The van der Waals surface area contributed by atoms with Crippen LogP contribution in [0.15, 0.2) is 54.6 Å². The first-order valence-electron chi connectivity index (χ1n) is 9.25. The molecule has 3 nitrogen and oxygen atoms in total. The van der Waals surface area contributed by atoms with Gasteiger partial charge in [0, 0.05) is 11.2 Å². The van der Waals surface area contributed by atoms with Crippen molar-refractivity contribution in [1.82, 2.24) is 0 Å². The number of hydrogen-bond acceptors (Lipinski definition) is 3. The lowest BCUT2D eigenvalue weighted by molar-refractivity contribution is -0.00457. The molecule has 0 fully saturated rings. The molecule has 0 aromatic heterocycles. The molecule has 3 heteroatoms. The average Bonchev–Trinajstić information content (AvgIpc) is 2.81. The van der Waals surface area contributed by atoms with Gasteiger partial charge in [-0.3, -0.25) is 0 Å². The number of rotatable bonds is 5. The van der Waals surface area contributed by atoms with E-state index in [0.717, 1.165) is 30.5 Å². The fourth-order valence-electron chi connectivity index (χ4n) is 4.12. The third-order valence-electron chi connectivity index (χ3n) is 5.17. The van der Waals surface area contributed by atoms with Gasteiger partial charge in [0.25, 0.3) is 0 Å². The molecule has 3 N–H and O–H groups in total. The smallest absolute Gasteiger partial charge is 0.157 e. The molecular formula is C22H30N2O. The van der Waals surface area contributed by atoms with Crippen molar-refractivity contribution in [3.63, 3.8) is 0 Å². The first-order valence-corrected chi connectivity index (χ1v) is 9.25. The predicted molar refractivity (Wildman–Crippen MR) is 105 cm³/mol. The summed E-state index contributed by atoms with van der Waals surface area (Å²) in [6.07, 6.45) is 3.70. The standard InChI is InChI=1S/C22H30N2O/c1-21(2,3)24-19-15-8-7-14-18(19)20(23)22(24,25)16-10-9-13-17-11-5-4-6-12-17/h4-8,11-12,14-15,20,25H,9-10,13,16,23H2,1-3H3/t20-,22+/m0/s1. The highest BCUT2D eigenvalue weighted by atomic mass is 16.3. The van der Waals surface area contributed by atoms with Crippen LogP contribution >= 0.6 is 0 Å². The van der Waals surface area contributed by atoms with Crippen LogP contribution in [-0.2, 0) is 6.42 Å². The van der Waals surface area contributed by atoms with Gasteiger partial charge < -0.3 is 15.7 Å². The lowest BCUT2D eigenvalue weighted by Gasteiger charge is -2.46. The zero-order valence-electron chi connectivity index (χ0n) is 15.6. The van der Waals surface area contributed by atoms with Crippen molar-refractivity contribution in [3.8, 4) is 0 Å². The molecule has 0 saturated carbocycles. The van der Waals surface area contributed by atoms with Crippen LogP contribution in [0.25, 0.3) is 0 Å². The van der Waals surface area contributed by atoms with Crippen molar-refractivity contribution in [3.05, 3.63) is 65.7 Å². The second kappa shape index (κ2) is 6.81. The van der Waals surface area contributed by atoms with Gasteiger partial charge in [0.05, 0.1) is 6.04 Å². The summed E-state index contributed by atoms with van der Waals surface area (Å²) in [6, 6.07) is 18.3. The number of fused-ring (bicyclic) bond motifs is 1. The first-order chi connectivity index (χ1) is 11.8. The minimum atomic E-state index is -1.03. The monoisotopic (exact) mass is 338 g/mol. The number of hydrogen-bond donors (Lipinski definition) is 2. The van der Waals surface area contributed by atoms with Crippen LogP contribution in [0.3, 0.4) is 0 Å². The zero-order valence-corrected chi connectivity index (χ0v) is 15.6. The number of aliphatic hydroxyl groups is 1. The second-order valence-electron chi connectivity index (χ2n) is 8.11. The number of unbranched alkanes of at least 4 members (excludes halogenated alkanes) is 1. The van der Waals surface area contributed by atoms with Crippen LogP contribution in [-0.4, -0.2) is 16.4 Å². The Kier molecular flexibility index (Phi) is 4.90. The number of aryl methyl sites for hydroxylation is 1. The molecule has 1 aliphatic heterocycles. The predicted octanol–water partition coefficient (Wildman–Crippen LogP) is 4.41. The number of nitrogens with two attached hydrogens (primary N) is 1. The van der Waals surface area contributed by atoms with Crippen LogP contribution < -0.4 is 10.6 Å². The molecule has 3 rings (SSSR count).